The number of hydrogen-bond acceptors (Lipinski definition) is 4. The van der Waals surface area contributed by atoms with Gasteiger partial charge in [-0.05, 0) is 18.2 Å². The van der Waals surface area contributed by atoms with Crippen LogP contribution >= 0.6 is 0 Å². The minimum Gasteiger partial charge on any atom is -0.392 e. The Morgan fingerprint density at radius 1 is 1.16 bits per heavy atom. The Morgan fingerprint density at radius 3 is 2.52 bits per heavy atom. The van der Waals surface area contributed by atoms with E-state index in [1.807, 2.05) is 18.2 Å². The van der Waals surface area contributed by atoms with Crippen molar-refractivity contribution >= 4 is 11.6 Å². The summed E-state index contributed by atoms with van der Waals surface area (Å²) in [6, 6.07) is 11.5. The summed E-state index contributed by atoms with van der Waals surface area (Å²) < 4.78 is 26.6. The van der Waals surface area contributed by atoms with Gasteiger partial charge >= 0.3 is 0 Å². The van der Waals surface area contributed by atoms with Gasteiger partial charge in [-0.2, -0.15) is 0 Å². The van der Waals surface area contributed by atoms with Gasteiger partial charge < -0.3 is 21.5 Å². The summed E-state index contributed by atoms with van der Waals surface area (Å²) in [5.41, 5.74) is 6.30. The molecule has 25 heavy (non-hydrogen) atoms. The molecule has 134 valence electrons. The lowest BCUT2D eigenvalue weighted by atomic mass is 10.1. The van der Waals surface area contributed by atoms with Crippen LogP contribution in [0.2, 0.25) is 0 Å². The van der Waals surface area contributed by atoms with E-state index in [9.17, 15) is 18.7 Å². The Kier molecular flexibility index (Phi) is 6.85. The maximum Gasteiger partial charge on any atom is 0.242 e. The minimum atomic E-state index is -0.852. The maximum atomic E-state index is 13.7. The molecule has 0 heterocycles. The van der Waals surface area contributed by atoms with Crippen molar-refractivity contribution in [3.63, 3.8) is 0 Å². The molecule has 2 atom stereocenters. The predicted octanol–water partition coefficient (Wildman–Crippen LogP) is 1.77. The first-order valence-corrected chi connectivity index (χ1v) is 7.91. The fraction of sp³-hybridized carbons (Fsp3) is 0.278. The smallest absolute Gasteiger partial charge is 0.242 e. The summed E-state index contributed by atoms with van der Waals surface area (Å²) in [5, 5.41) is 15.4. The Hall–Kier alpha value is -2.51. The van der Waals surface area contributed by atoms with E-state index in [4.69, 9.17) is 5.73 Å². The zero-order chi connectivity index (χ0) is 18.2. The summed E-state index contributed by atoms with van der Waals surface area (Å²) in [5.74, 6) is -1.82. The molecule has 2 aromatic rings. The van der Waals surface area contributed by atoms with E-state index in [1.54, 1.807) is 12.1 Å². The maximum absolute atomic E-state index is 13.7. The van der Waals surface area contributed by atoms with E-state index in [1.165, 1.54) is 6.07 Å². The molecule has 0 aliphatic heterocycles. The molecule has 0 spiro atoms. The average molecular weight is 349 g/mol. The fourth-order valence-electron chi connectivity index (χ4n) is 2.31. The molecule has 0 saturated heterocycles. The molecule has 2 rings (SSSR count). The van der Waals surface area contributed by atoms with Gasteiger partial charge in [0.25, 0.3) is 0 Å². The zero-order valence-corrected chi connectivity index (χ0v) is 13.6. The predicted molar refractivity (Wildman–Crippen MR) is 91.7 cm³/mol. The lowest BCUT2D eigenvalue weighted by molar-refractivity contribution is -0.122. The van der Waals surface area contributed by atoms with Gasteiger partial charge in [0.1, 0.15) is 17.7 Å². The number of halogens is 2. The SMILES string of the molecule is NC[C@@H](O)C[C@H](Nc1ccccc1)C(=O)NCc1ccc(F)cc1F. The van der Waals surface area contributed by atoms with Crippen LogP contribution in [0.15, 0.2) is 48.5 Å². The average Bonchev–Trinajstić information content (AvgIpc) is 2.61. The van der Waals surface area contributed by atoms with Gasteiger partial charge in [-0.15, -0.1) is 0 Å². The fourth-order valence-corrected chi connectivity index (χ4v) is 2.31. The van der Waals surface area contributed by atoms with Crippen molar-refractivity contribution in [1.82, 2.24) is 5.32 Å². The second kappa shape index (κ2) is 9.10. The number of nitrogens with one attached hydrogen (secondary N) is 2. The third-order valence-electron chi connectivity index (χ3n) is 3.68. The van der Waals surface area contributed by atoms with Crippen molar-refractivity contribution in [3.8, 4) is 0 Å². The summed E-state index contributed by atoms with van der Waals surface area (Å²) in [6.45, 7) is -0.0660. The van der Waals surface area contributed by atoms with Gasteiger partial charge in [-0.3, -0.25) is 4.79 Å². The van der Waals surface area contributed by atoms with E-state index in [0.29, 0.717) is 5.69 Å². The van der Waals surface area contributed by atoms with Crippen molar-refractivity contribution in [2.24, 2.45) is 5.73 Å². The number of aliphatic hydroxyl groups is 1. The van der Waals surface area contributed by atoms with Crippen molar-refractivity contribution in [1.29, 1.82) is 0 Å². The lowest BCUT2D eigenvalue weighted by Gasteiger charge is -2.21. The summed E-state index contributed by atoms with van der Waals surface area (Å²) >= 11 is 0. The van der Waals surface area contributed by atoms with Crippen LogP contribution in [0.3, 0.4) is 0 Å². The first-order chi connectivity index (χ1) is 12.0. The first-order valence-electron chi connectivity index (χ1n) is 7.91. The van der Waals surface area contributed by atoms with Crippen LogP contribution in [0.5, 0.6) is 0 Å². The highest BCUT2D eigenvalue weighted by Gasteiger charge is 2.21. The van der Waals surface area contributed by atoms with Crippen molar-refractivity contribution in [3.05, 3.63) is 65.7 Å². The molecule has 0 unspecified atom stereocenters. The highest BCUT2D eigenvalue weighted by Crippen LogP contribution is 2.12. The molecule has 0 bridgehead atoms. The highest BCUT2D eigenvalue weighted by molar-refractivity contribution is 5.84. The summed E-state index contributed by atoms with van der Waals surface area (Å²) in [6.07, 6.45) is -0.752. The molecular formula is C18H21F2N3O2. The molecule has 5 nitrogen and oxygen atoms in total. The lowest BCUT2D eigenvalue weighted by Crippen LogP contribution is -2.42. The number of nitrogens with two attached hydrogens (primary N) is 1. The second-order valence-corrected chi connectivity index (χ2v) is 5.64. The molecule has 0 aliphatic carbocycles. The first kappa shape index (κ1) is 18.8. The third-order valence-corrected chi connectivity index (χ3v) is 3.68. The van der Waals surface area contributed by atoms with Crippen molar-refractivity contribution in [2.75, 3.05) is 11.9 Å². The minimum absolute atomic E-state index is 0.0207. The quantitative estimate of drug-likeness (QED) is 0.585. The van der Waals surface area contributed by atoms with E-state index in [2.05, 4.69) is 10.6 Å². The number of hydrogen-bond donors (Lipinski definition) is 4. The van der Waals surface area contributed by atoms with Gasteiger partial charge in [-0.25, -0.2) is 8.78 Å². The molecule has 0 aliphatic rings. The second-order valence-electron chi connectivity index (χ2n) is 5.64. The Bertz CT molecular complexity index is 698. The number of benzene rings is 2. The number of anilines is 1. The summed E-state index contributed by atoms with van der Waals surface area (Å²) in [7, 11) is 0. The number of rotatable bonds is 8. The largest absolute Gasteiger partial charge is 0.392 e. The number of carbonyl (C=O) groups excluding carboxylic acids is 1. The molecule has 0 saturated carbocycles. The van der Waals surface area contributed by atoms with E-state index < -0.39 is 29.7 Å². The Balaban J connectivity index is 2.03. The molecule has 7 heteroatoms. The van der Waals surface area contributed by atoms with E-state index in [-0.39, 0.29) is 25.1 Å². The molecule has 5 N–H and O–H groups in total. The Labute approximate surface area is 144 Å². The van der Waals surface area contributed by atoms with Gasteiger partial charge in [0.05, 0.1) is 6.10 Å². The van der Waals surface area contributed by atoms with Crippen LogP contribution in [0, 0.1) is 11.6 Å². The van der Waals surface area contributed by atoms with Crippen LogP contribution < -0.4 is 16.4 Å². The molecule has 2 aromatic carbocycles. The highest BCUT2D eigenvalue weighted by atomic mass is 19.1. The van der Waals surface area contributed by atoms with Crippen LogP contribution in [0.1, 0.15) is 12.0 Å². The van der Waals surface area contributed by atoms with Gasteiger partial charge in [-0.1, -0.05) is 24.3 Å². The number of aliphatic hydroxyl groups excluding tert-OH is 1. The van der Waals surface area contributed by atoms with Crippen molar-refractivity contribution < 1.29 is 18.7 Å². The molecular weight excluding hydrogens is 328 g/mol. The third kappa shape index (κ3) is 5.81. The topological polar surface area (TPSA) is 87.4 Å². The molecule has 1 amide bonds. The number of amides is 1. The van der Waals surface area contributed by atoms with Crippen molar-refractivity contribution in [2.45, 2.75) is 25.1 Å². The number of para-hydroxylation sites is 1. The molecule has 0 aromatic heterocycles. The Morgan fingerprint density at radius 2 is 1.88 bits per heavy atom. The molecule has 0 radical (unpaired) electrons. The normalized spacial score (nSPS) is 13.1. The zero-order valence-electron chi connectivity index (χ0n) is 13.6. The van der Waals surface area contributed by atoms with Crippen LogP contribution in [0.4, 0.5) is 14.5 Å². The van der Waals surface area contributed by atoms with Gasteiger partial charge in [0, 0.05) is 36.8 Å². The van der Waals surface area contributed by atoms with Gasteiger partial charge in [0.15, 0.2) is 0 Å². The monoisotopic (exact) mass is 349 g/mol. The van der Waals surface area contributed by atoms with Gasteiger partial charge in [0.2, 0.25) is 5.91 Å². The van der Waals surface area contributed by atoms with E-state index in [0.717, 1.165) is 12.1 Å². The number of carbonyl (C=O) groups is 1. The van der Waals surface area contributed by atoms with Crippen LogP contribution in [0.25, 0.3) is 0 Å². The standard InChI is InChI=1S/C18H21F2N3O2/c19-13-7-6-12(16(20)8-13)11-22-18(25)17(9-15(24)10-21)23-14-4-2-1-3-5-14/h1-8,15,17,23-24H,9-11,21H2,(H,22,25)/t15-,17-/m0/s1. The van der Waals surface area contributed by atoms with Crippen LogP contribution in [-0.4, -0.2) is 29.7 Å². The molecule has 0 fully saturated rings. The van der Waals surface area contributed by atoms with Crippen LogP contribution in [-0.2, 0) is 11.3 Å². The van der Waals surface area contributed by atoms with E-state index >= 15 is 0 Å². The summed E-state index contributed by atoms with van der Waals surface area (Å²) in [4.78, 5) is 12.4.